The molecule has 1 aromatic rings. The molecule has 2 saturated heterocycles. The first-order valence-electron chi connectivity index (χ1n) is 7.54. The zero-order valence-electron chi connectivity index (χ0n) is 13.5. The molecule has 2 aliphatic heterocycles. The van der Waals surface area contributed by atoms with Gasteiger partial charge in [0.15, 0.2) is 4.75 Å². The van der Waals surface area contributed by atoms with Gasteiger partial charge in [-0.25, -0.2) is 0 Å². The van der Waals surface area contributed by atoms with E-state index in [9.17, 15) is 14.7 Å². The fourth-order valence-corrected chi connectivity index (χ4v) is 4.88. The number of hydrogen-bond donors (Lipinski definition) is 2. The van der Waals surface area contributed by atoms with Crippen molar-refractivity contribution in [3.8, 4) is 0 Å². The highest BCUT2D eigenvalue weighted by atomic mass is 32.1. The summed E-state index contributed by atoms with van der Waals surface area (Å²) in [5.41, 5.74) is -0.255. The van der Waals surface area contributed by atoms with Gasteiger partial charge in [-0.15, -0.1) is 0 Å². The highest BCUT2D eigenvalue weighted by Gasteiger charge is 2.89. The summed E-state index contributed by atoms with van der Waals surface area (Å²) in [5, 5.41) is 9.79. The third-order valence-corrected chi connectivity index (χ3v) is 7.28. The minimum Gasteiger partial charge on any atom is -0.394 e. The molecule has 2 amide bonds. The summed E-state index contributed by atoms with van der Waals surface area (Å²) in [6.07, 6.45) is 0. The Hall–Kier alpha value is -1.22. The van der Waals surface area contributed by atoms with E-state index in [1.165, 1.54) is 9.80 Å². The summed E-state index contributed by atoms with van der Waals surface area (Å²) in [7, 11) is 3.12. The van der Waals surface area contributed by atoms with Crippen molar-refractivity contribution in [1.82, 2.24) is 9.80 Å². The van der Waals surface area contributed by atoms with Crippen LogP contribution in [-0.2, 0) is 33.6 Å². The van der Waals surface area contributed by atoms with E-state index in [0.29, 0.717) is 6.61 Å². The molecule has 2 unspecified atom stereocenters. The number of aliphatic hydroxyl groups is 1. The van der Waals surface area contributed by atoms with Crippen LogP contribution >= 0.6 is 12.6 Å². The lowest BCUT2D eigenvalue weighted by atomic mass is 9.75. The molecule has 6 nitrogen and oxygen atoms in total. The van der Waals surface area contributed by atoms with Crippen LogP contribution in [0.15, 0.2) is 30.3 Å². The lowest BCUT2D eigenvalue weighted by Gasteiger charge is -2.56. The number of aliphatic hydroxyl groups excluding tert-OH is 1. The van der Waals surface area contributed by atoms with Crippen molar-refractivity contribution in [1.29, 1.82) is 0 Å². The van der Waals surface area contributed by atoms with Gasteiger partial charge in [-0.2, -0.15) is 12.6 Å². The van der Waals surface area contributed by atoms with Crippen LogP contribution in [0.4, 0.5) is 0 Å². The van der Waals surface area contributed by atoms with Gasteiger partial charge >= 0.3 is 0 Å². The summed E-state index contributed by atoms with van der Waals surface area (Å²) in [6, 6.07) is 9.57. The van der Waals surface area contributed by atoms with E-state index in [4.69, 9.17) is 4.74 Å². The van der Waals surface area contributed by atoms with Gasteiger partial charge in [0.2, 0.25) is 11.4 Å². The number of benzene rings is 1. The molecule has 0 radical (unpaired) electrons. The summed E-state index contributed by atoms with van der Waals surface area (Å²) in [4.78, 5) is 27.0. The highest BCUT2D eigenvalue weighted by Crippen LogP contribution is 2.58. The van der Waals surface area contributed by atoms with Crippen LogP contribution in [0.3, 0.4) is 0 Å². The number of nitrogens with zero attached hydrogens (tertiary/aromatic N) is 2. The van der Waals surface area contributed by atoms with Crippen molar-refractivity contribution in [2.75, 3.05) is 27.3 Å². The SMILES string of the molecule is CN1C(=O)[C@@](S)(CO)C2([SH2+])N(C)C(=O)C12COCc1ccccc1. The van der Waals surface area contributed by atoms with Crippen LogP contribution in [0.2, 0.25) is 0 Å². The molecule has 8 heteroatoms. The summed E-state index contributed by atoms with van der Waals surface area (Å²) < 4.78 is 4.35. The number of thiol groups is 1. The van der Waals surface area contributed by atoms with E-state index < -0.39 is 27.7 Å². The average molecular weight is 369 g/mol. The number of likely N-dealkylation sites (N-methyl/N-ethyl adjacent to an activating group) is 2. The van der Waals surface area contributed by atoms with E-state index in [1.54, 1.807) is 14.1 Å². The van der Waals surface area contributed by atoms with Gasteiger partial charge in [0.25, 0.3) is 10.8 Å². The van der Waals surface area contributed by atoms with Crippen LogP contribution in [0.1, 0.15) is 5.56 Å². The molecule has 2 heterocycles. The van der Waals surface area contributed by atoms with Gasteiger partial charge in [-0.1, -0.05) is 30.3 Å². The molecular weight excluding hydrogens is 348 g/mol. The molecule has 0 aromatic heterocycles. The average Bonchev–Trinajstić information content (AvgIpc) is 2.72. The minimum absolute atomic E-state index is 0.0130. The maximum Gasteiger partial charge on any atom is 0.262 e. The highest BCUT2D eigenvalue weighted by molar-refractivity contribution is 7.84. The van der Waals surface area contributed by atoms with E-state index in [2.05, 4.69) is 25.3 Å². The number of β-lactam (4-membered cyclic amide) rings is 1. The van der Waals surface area contributed by atoms with E-state index in [1.807, 2.05) is 30.3 Å². The van der Waals surface area contributed by atoms with Crippen molar-refractivity contribution < 1.29 is 19.4 Å². The second-order valence-electron chi connectivity index (χ2n) is 6.30. The molecule has 3 atom stereocenters. The van der Waals surface area contributed by atoms with E-state index in [0.717, 1.165) is 5.56 Å². The first-order valence-corrected chi connectivity index (χ1v) is 8.48. The van der Waals surface area contributed by atoms with Crippen LogP contribution < -0.4 is 0 Å². The van der Waals surface area contributed by atoms with E-state index in [-0.39, 0.29) is 12.5 Å². The zero-order chi connectivity index (χ0) is 17.8. The largest absolute Gasteiger partial charge is 0.394 e. The Balaban J connectivity index is 1.89. The number of hydrogen-bond acceptors (Lipinski definition) is 5. The first-order chi connectivity index (χ1) is 11.3. The zero-order valence-corrected chi connectivity index (χ0v) is 15.4. The molecular formula is C16H21N2O4S2+. The third kappa shape index (κ3) is 1.82. The second kappa shape index (κ2) is 5.66. The summed E-state index contributed by atoms with van der Waals surface area (Å²) in [6.45, 7) is -0.164. The standard InChI is InChI=1S/C16H20N2O4S2/c1-17-13(21)15(23,9-19)16(24)14(17,12(20)18(16)2)10-22-8-11-6-4-3-5-7-11/h3-7,19,23-24H,8-10H2,1-2H3/p+1/t14?,15-,16?/m0/s1. The van der Waals surface area contributed by atoms with Crippen molar-refractivity contribution in [2.45, 2.75) is 21.8 Å². The quantitative estimate of drug-likeness (QED) is 0.407. The van der Waals surface area contributed by atoms with Crippen molar-refractivity contribution in [3.05, 3.63) is 35.9 Å². The Morgan fingerprint density at radius 1 is 1.17 bits per heavy atom. The van der Waals surface area contributed by atoms with Crippen LogP contribution in [0.25, 0.3) is 0 Å². The molecule has 24 heavy (non-hydrogen) atoms. The maximum absolute atomic E-state index is 12.7. The number of likely N-dealkylation sites (tertiary alicyclic amines) is 2. The van der Waals surface area contributed by atoms with Gasteiger partial charge in [-0.3, -0.25) is 14.5 Å². The molecule has 130 valence electrons. The van der Waals surface area contributed by atoms with Gasteiger partial charge in [0, 0.05) is 14.1 Å². The lowest BCUT2D eigenvalue weighted by Crippen LogP contribution is -2.87. The monoisotopic (exact) mass is 369 g/mol. The first kappa shape index (κ1) is 17.6. The lowest BCUT2D eigenvalue weighted by molar-refractivity contribution is -0.179. The molecule has 0 bridgehead atoms. The maximum atomic E-state index is 12.7. The molecule has 0 saturated carbocycles. The minimum atomic E-state index is -1.43. The Morgan fingerprint density at radius 3 is 2.38 bits per heavy atom. The molecule has 0 aliphatic carbocycles. The van der Waals surface area contributed by atoms with Crippen molar-refractivity contribution >= 4 is 37.1 Å². The van der Waals surface area contributed by atoms with Gasteiger partial charge < -0.3 is 14.7 Å². The molecule has 3 rings (SSSR count). The van der Waals surface area contributed by atoms with Crippen molar-refractivity contribution in [2.24, 2.45) is 0 Å². The number of rotatable bonds is 5. The number of ether oxygens (including phenoxy) is 1. The molecule has 0 spiro atoms. The van der Waals surface area contributed by atoms with Gasteiger partial charge in [-0.05, 0) is 18.2 Å². The topological polar surface area (TPSA) is 70.1 Å². The van der Waals surface area contributed by atoms with Gasteiger partial charge in [0.05, 0.1) is 19.8 Å². The Labute approximate surface area is 151 Å². The molecule has 2 fully saturated rings. The number of carbonyl (C=O) groups is 2. The Kier molecular flexibility index (Phi) is 4.15. The van der Waals surface area contributed by atoms with E-state index >= 15 is 0 Å². The Bertz CT molecular complexity index is 688. The fourth-order valence-electron chi connectivity index (χ4n) is 3.76. The third-order valence-electron chi connectivity index (χ3n) is 5.24. The van der Waals surface area contributed by atoms with Gasteiger partial charge in [0.1, 0.15) is 0 Å². The second-order valence-corrected chi connectivity index (χ2v) is 7.78. The predicted molar refractivity (Wildman–Crippen MR) is 96.1 cm³/mol. The number of carbonyl (C=O) groups excluding carboxylic acids is 2. The van der Waals surface area contributed by atoms with Crippen LogP contribution in [-0.4, -0.2) is 69.2 Å². The summed E-state index contributed by atoms with van der Waals surface area (Å²) >= 11 is 8.03. The molecule has 2 aliphatic rings. The van der Waals surface area contributed by atoms with Crippen molar-refractivity contribution in [3.63, 3.8) is 0 Å². The Morgan fingerprint density at radius 2 is 1.79 bits per heavy atom. The van der Waals surface area contributed by atoms with Crippen LogP contribution in [0.5, 0.6) is 0 Å². The fraction of sp³-hybridized carbons (Fsp3) is 0.500. The predicted octanol–water partition coefficient (Wildman–Crippen LogP) is -0.745. The summed E-state index contributed by atoms with van der Waals surface area (Å²) in [5.74, 6) is -0.657. The molecule has 1 aromatic carbocycles. The van der Waals surface area contributed by atoms with Crippen LogP contribution in [0, 0.1) is 0 Å². The smallest absolute Gasteiger partial charge is 0.262 e. The molecule has 1 N–H and O–H groups in total. The normalized spacial score (nSPS) is 35.2. The number of amides is 2. The number of fused-ring (bicyclic) bond motifs is 1.